The van der Waals surface area contributed by atoms with E-state index in [0.717, 1.165) is 19.3 Å². The maximum Gasteiger partial charge on any atom is 0.229 e. The van der Waals surface area contributed by atoms with Crippen molar-refractivity contribution in [2.45, 2.75) is 51.9 Å². The molecule has 0 aromatic carbocycles. The molecular weight excluding hydrogens is 196 g/mol. The summed E-state index contributed by atoms with van der Waals surface area (Å²) in [6.45, 7) is 5.13. The topological polar surface area (TPSA) is 52.6 Å². The van der Waals surface area contributed by atoms with Gasteiger partial charge in [-0.15, -0.1) is 0 Å². The molecular formula is C11H18O4. The third kappa shape index (κ3) is 3.39. The van der Waals surface area contributed by atoms with E-state index in [1.165, 1.54) is 6.92 Å². The summed E-state index contributed by atoms with van der Waals surface area (Å²) in [6, 6.07) is 0. The van der Waals surface area contributed by atoms with Gasteiger partial charge in [-0.2, -0.15) is 0 Å². The van der Waals surface area contributed by atoms with Crippen LogP contribution in [0.2, 0.25) is 0 Å². The maximum atomic E-state index is 11.5. The molecule has 4 heteroatoms. The van der Waals surface area contributed by atoms with Crippen molar-refractivity contribution in [3.63, 3.8) is 0 Å². The summed E-state index contributed by atoms with van der Waals surface area (Å²) < 4.78 is 10.9. The van der Waals surface area contributed by atoms with Gasteiger partial charge in [0.15, 0.2) is 12.1 Å². The van der Waals surface area contributed by atoms with E-state index in [1.807, 2.05) is 0 Å². The summed E-state index contributed by atoms with van der Waals surface area (Å²) in [4.78, 5) is 22.5. The summed E-state index contributed by atoms with van der Waals surface area (Å²) in [5.41, 5.74) is -1.08. The second kappa shape index (κ2) is 4.86. The molecule has 1 aliphatic rings. The Morgan fingerprint density at radius 3 is 2.47 bits per heavy atom. The van der Waals surface area contributed by atoms with E-state index in [0.29, 0.717) is 6.61 Å². The highest BCUT2D eigenvalue weighted by molar-refractivity contribution is 6.39. The van der Waals surface area contributed by atoms with E-state index >= 15 is 0 Å². The van der Waals surface area contributed by atoms with Gasteiger partial charge in [-0.25, -0.2) is 0 Å². The van der Waals surface area contributed by atoms with E-state index in [1.54, 1.807) is 13.8 Å². The van der Waals surface area contributed by atoms with Gasteiger partial charge < -0.3 is 9.47 Å². The average Bonchev–Trinajstić information content (AvgIpc) is 2.17. The molecule has 15 heavy (non-hydrogen) atoms. The van der Waals surface area contributed by atoms with Gasteiger partial charge in [-0.1, -0.05) is 0 Å². The third-order valence-corrected chi connectivity index (χ3v) is 2.43. The monoisotopic (exact) mass is 214 g/mol. The molecule has 1 fully saturated rings. The number of hydrogen-bond donors (Lipinski definition) is 0. The number of ketones is 2. The van der Waals surface area contributed by atoms with Crippen molar-refractivity contribution < 1.29 is 19.1 Å². The molecule has 1 unspecified atom stereocenters. The van der Waals surface area contributed by atoms with Gasteiger partial charge in [0.25, 0.3) is 0 Å². The molecule has 4 nitrogen and oxygen atoms in total. The largest absolute Gasteiger partial charge is 0.353 e. The molecule has 0 aliphatic carbocycles. The van der Waals surface area contributed by atoms with Gasteiger partial charge in [-0.3, -0.25) is 9.59 Å². The van der Waals surface area contributed by atoms with Gasteiger partial charge >= 0.3 is 0 Å². The minimum atomic E-state index is -1.08. The van der Waals surface area contributed by atoms with E-state index < -0.39 is 17.2 Å². The zero-order chi connectivity index (χ0) is 11.5. The van der Waals surface area contributed by atoms with Crippen molar-refractivity contribution in [3.8, 4) is 0 Å². The molecule has 1 heterocycles. The molecule has 0 radical (unpaired) electrons. The Kier molecular flexibility index (Phi) is 3.99. The molecule has 1 atom stereocenters. The molecule has 0 bridgehead atoms. The van der Waals surface area contributed by atoms with Crippen LogP contribution >= 0.6 is 0 Å². The van der Waals surface area contributed by atoms with Crippen LogP contribution in [0.4, 0.5) is 0 Å². The summed E-state index contributed by atoms with van der Waals surface area (Å²) >= 11 is 0. The molecule has 86 valence electrons. The van der Waals surface area contributed by atoms with Crippen LogP contribution in [0.5, 0.6) is 0 Å². The van der Waals surface area contributed by atoms with Crippen LogP contribution < -0.4 is 0 Å². The lowest BCUT2D eigenvalue weighted by molar-refractivity contribution is -0.213. The van der Waals surface area contributed by atoms with Crippen LogP contribution in [0.1, 0.15) is 40.0 Å². The Hall–Kier alpha value is -0.740. The second-order valence-corrected chi connectivity index (χ2v) is 4.31. The lowest BCUT2D eigenvalue weighted by Gasteiger charge is -2.30. The first kappa shape index (κ1) is 12.3. The first-order chi connectivity index (χ1) is 6.93. The number of hydrogen-bond acceptors (Lipinski definition) is 4. The Labute approximate surface area is 89.9 Å². The Morgan fingerprint density at radius 1 is 1.33 bits per heavy atom. The van der Waals surface area contributed by atoms with Gasteiger partial charge in [0, 0.05) is 13.5 Å². The minimum absolute atomic E-state index is 0.350. The molecule has 1 aliphatic heterocycles. The van der Waals surface area contributed by atoms with Crippen LogP contribution in [0.3, 0.4) is 0 Å². The fraction of sp³-hybridized carbons (Fsp3) is 0.818. The van der Waals surface area contributed by atoms with E-state index in [-0.39, 0.29) is 6.29 Å². The molecule has 0 spiro atoms. The predicted octanol–water partition coefficient (Wildman–Crippen LogP) is 1.47. The fourth-order valence-electron chi connectivity index (χ4n) is 1.61. The van der Waals surface area contributed by atoms with Crippen LogP contribution in [0, 0.1) is 0 Å². The van der Waals surface area contributed by atoms with E-state index in [4.69, 9.17) is 9.47 Å². The van der Waals surface area contributed by atoms with Gasteiger partial charge in [0.2, 0.25) is 5.78 Å². The first-order valence-corrected chi connectivity index (χ1v) is 5.28. The first-order valence-electron chi connectivity index (χ1n) is 5.28. The zero-order valence-corrected chi connectivity index (χ0v) is 9.54. The number of ether oxygens (including phenoxy) is 2. The van der Waals surface area contributed by atoms with Crippen LogP contribution in [-0.2, 0) is 19.1 Å². The lowest BCUT2D eigenvalue weighted by atomic mass is 10.0. The highest BCUT2D eigenvalue weighted by Gasteiger charge is 2.35. The summed E-state index contributed by atoms with van der Waals surface area (Å²) in [5.74, 6) is -0.979. The van der Waals surface area contributed by atoms with Crippen molar-refractivity contribution in [2.75, 3.05) is 6.61 Å². The smallest absolute Gasteiger partial charge is 0.229 e. The SMILES string of the molecule is CC(=O)C(=O)C(C)(C)OC1CCCCO1. The van der Waals surface area contributed by atoms with Crippen LogP contribution in [-0.4, -0.2) is 30.1 Å². The highest BCUT2D eigenvalue weighted by atomic mass is 16.7. The molecule has 1 saturated heterocycles. The number of carbonyl (C=O) groups is 2. The summed E-state index contributed by atoms with van der Waals surface area (Å²) in [5, 5.41) is 0. The lowest BCUT2D eigenvalue weighted by Crippen LogP contribution is -2.43. The predicted molar refractivity (Wildman–Crippen MR) is 54.4 cm³/mol. The maximum absolute atomic E-state index is 11.5. The van der Waals surface area contributed by atoms with Gasteiger partial charge in [0.05, 0.1) is 0 Å². The average molecular weight is 214 g/mol. The molecule has 1 rings (SSSR count). The summed E-state index contributed by atoms with van der Waals surface area (Å²) in [6.07, 6.45) is 2.50. The quantitative estimate of drug-likeness (QED) is 0.665. The zero-order valence-electron chi connectivity index (χ0n) is 9.54. The van der Waals surface area contributed by atoms with Crippen molar-refractivity contribution in [2.24, 2.45) is 0 Å². The normalized spacial score (nSPS) is 22.5. The van der Waals surface area contributed by atoms with Crippen LogP contribution in [0.15, 0.2) is 0 Å². The van der Waals surface area contributed by atoms with Crippen molar-refractivity contribution in [3.05, 3.63) is 0 Å². The number of carbonyl (C=O) groups excluding carboxylic acids is 2. The van der Waals surface area contributed by atoms with Crippen LogP contribution in [0.25, 0.3) is 0 Å². The Morgan fingerprint density at radius 2 is 2.00 bits per heavy atom. The van der Waals surface area contributed by atoms with Gasteiger partial charge in [0.1, 0.15) is 5.60 Å². The minimum Gasteiger partial charge on any atom is -0.353 e. The molecule has 0 N–H and O–H groups in total. The summed E-state index contributed by atoms with van der Waals surface area (Å²) in [7, 11) is 0. The van der Waals surface area contributed by atoms with Crippen molar-refractivity contribution >= 4 is 11.6 Å². The molecule has 0 aromatic heterocycles. The third-order valence-electron chi connectivity index (χ3n) is 2.43. The molecule has 0 aromatic rings. The Bertz CT molecular complexity index is 251. The van der Waals surface area contributed by atoms with Gasteiger partial charge in [-0.05, 0) is 33.1 Å². The molecule has 0 amide bonds. The van der Waals surface area contributed by atoms with Crippen molar-refractivity contribution in [1.29, 1.82) is 0 Å². The number of rotatable bonds is 4. The highest BCUT2D eigenvalue weighted by Crippen LogP contribution is 2.21. The second-order valence-electron chi connectivity index (χ2n) is 4.31. The molecule has 0 saturated carbocycles. The standard InChI is InChI=1S/C11H18O4/c1-8(12)10(13)11(2,3)15-9-6-4-5-7-14-9/h9H,4-7H2,1-3H3. The van der Waals surface area contributed by atoms with E-state index in [9.17, 15) is 9.59 Å². The van der Waals surface area contributed by atoms with E-state index in [2.05, 4.69) is 0 Å². The Balaban J connectivity index is 2.54. The van der Waals surface area contributed by atoms with Crippen molar-refractivity contribution in [1.82, 2.24) is 0 Å². The fourth-order valence-corrected chi connectivity index (χ4v) is 1.61. The number of Topliss-reactive ketones (excluding diaryl/α,β-unsaturated/α-hetero) is 2.